The molecule has 0 fully saturated rings. The lowest BCUT2D eigenvalue weighted by Gasteiger charge is -2.18. The SMILES string of the molecule is Cc1ccc(C)c(C(=O)N[C@@H](Cc2ccccc2)c2nc3ccccc3[nH]2)c1. The highest BCUT2D eigenvalue weighted by molar-refractivity contribution is 5.96. The summed E-state index contributed by atoms with van der Waals surface area (Å²) in [5.41, 5.74) is 5.75. The second-order valence-electron chi connectivity index (χ2n) is 7.17. The Bertz CT molecular complexity index is 1080. The molecule has 1 aromatic heterocycles. The first kappa shape index (κ1) is 18.0. The lowest BCUT2D eigenvalue weighted by molar-refractivity contribution is 0.0934. The van der Waals surface area contributed by atoms with Crippen LogP contribution in [0.25, 0.3) is 11.0 Å². The summed E-state index contributed by atoms with van der Waals surface area (Å²) in [6.45, 7) is 3.96. The number of para-hydroxylation sites is 2. The fourth-order valence-electron chi connectivity index (χ4n) is 3.42. The second-order valence-corrected chi connectivity index (χ2v) is 7.17. The van der Waals surface area contributed by atoms with Gasteiger partial charge in [0.2, 0.25) is 0 Å². The number of carbonyl (C=O) groups is 1. The van der Waals surface area contributed by atoms with Gasteiger partial charge in [0, 0.05) is 5.56 Å². The number of hydrogen-bond donors (Lipinski definition) is 2. The number of rotatable bonds is 5. The minimum atomic E-state index is -0.248. The molecule has 140 valence electrons. The van der Waals surface area contributed by atoms with Crippen molar-refractivity contribution in [2.45, 2.75) is 26.3 Å². The van der Waals surface area contributed by atoms with Gasteiger partial charge in [-0.3, -0.25) is 4.79 Å². The first-order valence-electron chi connectivity index (χ1n) is 9.47. The molecule has 0 aliphatic carbocycles. The van der Waals surface area contributed by atoms with Crippen LogP contribution in [-0.4, -0.2) is 15.9 Å². The number of aromatic nitrogens is 2. The lowest BCUT2D eigenvalue weighted by atomic mass is 10.0. The number of aromatic amines is 1. The molecule has 28 heavy (non-hydrogen) atoms. The molecule has 0 aliphatic heterocycles. The zero-order valence-corrected chi connectivity index (χ0v) is 16.1. The minimum absolute atomic E-state index is 0.0809. The molecular formula is C24H23N3O. The number of H-pyrrole nitrogens is 1. The minimum Gasteiger partial charge on any atom is -0.342 e. The lowest BCUT2D eigenvalue weighted by Crippen LogP contribution is -2.31. The summed E-state index contributed by atoms with van der Waals surface area (Å²) >= 11 is 0. The number of nitrogens with one attached hydrogen (secondary N) is 2. The number of aryl methyl sites for hydroxylation is 2. The highest BCUT2D eigenvalue weighted by Gasteiger charge is 2.21. The maximum atomic E-state index is 13.1. The van der Waals surface area contributed by atoms with E-state index in [9.17, 15) is 4.79 Å². The smallest absolute Gasteiger partial charge is 0.252 e. The van der Waals surface area contributed by atoms with Gasteiger partial charge in [-0.2, -0.15) is 0 Å². The van der Waals surface area contributed by atoms with Crippen molar-refractivity contribution < 1.29 is 4.79 Å². The topological polar surface area (TPSA) is 57.8 Å². The standard InChI is InChI=1S/C24H23N3O/c1-16-12-13-17(2)19(14-16)24(28)27-22(15-18-8-4-3-5-9-18)23-25-20-10-6-7-11-21(20)26-23/h3-14,22H,15H2,1-2H3,(H,25,26)(H,27,28)/t22-/m0/s1. The largest absolute Gasteiger partial charge is 0.342 e. The van der Waals surface area contributed by atoms with E-state index in [2.05, 4.69) is 22.4 Å². The van der Waals surface area contributed by atoms with Crippen LogP contribution in [0, 0.1) is 13.8 Å². The molecule has 0 saturated carbocycles. The van der Waals surface area contributed by atoms with E-state index in [1.165, 1.54) is 0 Å². The second kappa shape index (κ2) is 7.69. The number of benzene rings is 3. The molecule has 0 spiro atoms. The predicted octanol–water partition coefficient (Wildman–Crippen LogP) is 4.89. The zero-order valence-electron chi connectivity index (χ0n) is 16.1. The van der Waals surface area contributed by atoms with Crippen molar-refractivity contribution in [3.05, 3.63) is 101 Å². The molecule has 0 unspecified atom stereocenters. The van der Waals surface area contributed by atoms with Gasteiger partial charge in [0.15, 0.2) is 0 Å². The molecule has 0 saturated heterocycles. The van der Waals surface area contributed by atoms with Crippen LogP contribution >= 0.6 is 0 Å². The molecule has 0 radical (unpaired) electrons. The predicted molar refractivity (Wildman–Crippen MR) is 112 cm³/mol. The van der Waals surface area contributed by atoms with Crippen molar-refractivity contribution in [1.82, 2.24) is 15.3 Å². The maximum absolute atomic E-state index is 13.1. The summed E-state index contributed by atoms with van der Waals surface area (Å²) in [5, 5.41) is 3.19. The van der Waals surface area contributed by atoms with Gasteiger partial charge in [-0.1, -0.05) is 60.2 Å². The number of imidazole rings is 1. The van der Waals surface area contributed by atoms with Gasteiger partial charge in [0.05, 0.1) is 17.1 Å². The number of fused-ring (bicyclic) bond motifs is 1. The number of amides is 1. The average molecular weight is 369 g/mol. The number of nitrogens with zero attached hydrogens (tertiary/aromatic N) is 1. The third kappa shape index (κ3) is 3.81. The van der Waals surface area contributed by atoms with Crippen LogP contribution in [0.5, 0.6) is 0 Å². The normalized spacial score (nSPS) is 12.1. The van der Waals surface area contributed by atoms with Gasteiger partial charge in [-0.15, -0.1) is 0 Å². The molecule has 0 aliphatic rings. The van der Waals surface area contributed by atoms with E-state index in [1.54, 1.807) is 0 Å². The summed E-state index contributed by atoms with van der Waals surface area (Å²) in [6, 6.07) is 23.8. The third-order valence-electron chi connectivity index (χ3n) is 4.96. The molecule has 0 bridgehead atoms. The Balaban J connectivity index is 1.68. The fraction of sp³-hybridized carbons (Fsp3) is 0.167. The van der Waals surface area contributed by atoms with Crippen LogP contribution < -0.4 is 5.32 Å². The van der Waals surface area contributed by atoms with Gasteiger partial charge >= 0.3 is 0 Å². The first-order chi connectivity index (χ1) is 13.6. The molecule has 4 rings (SSSR count). The molecule has 2 N–H and O–H groups in total. The van der Waals surface area contributed by atoms with Crippen molar-refractivity contribution in [3.8, 4) is 0 Å². The van der Waals surface area contributed by atoms with Crippen LogP contribution in [-0.2, 0) is 6.42 Å². The Labute approximate surface area is 164 Å². The summed E-state index contributed by atoms with van der Waals surface area (Å²) in [6.07, 6.45) is 0.664. The van der Waals surface area contributed by atoms with Crippen LogP contribution in [0.4, 0.5) is 0 Å². The first-order valence-corrected chi connectivity index (χ1v) is 9.47. The van der Waals surface area contributed by atoms with Crippen LogP contribution in [0.15, 0.2) is 72.8 Å². The van der Waals surface area contributed by atoms with E-state index < -0.39 is 0 Å². The third-order valence-corrected chi connectivity index (χ3v) is 4.96. The van der Waals surface area contributed by atoms with E-state index in [0.29, 0.717) is 12.0 Å². The molecular weight excluding hydrogens is 346 g/mol. The van der Waals surface area contributed by atoms with Gasteiger partial charge in [-0.05, 0) is 49.6 Å². The Hall–Kier alpha value is -3.40. The molecule has 4 heteroatoms. The van der Waals surface area contributed by atoms with Crippen molar-refractivity contribution in [2.75, 3.05) is 0 Å². The van der Waals surface area contributed by atoms with Crippen LogP contribution in [0.3, 0.4) is 0 Å². The molecule has 4 aromatic rings. The van der Waals surface area contributed by atoms with Crippen molar-refractivity contribution >= 4 is 16.9 Å². The van der Waals surface area contributed by atoms with Gasteiger partial charge < -0.3 is 10.3 Å². The van der Waals surface area contributed by atoms with Crippen molar-refractivity contribution in [2.24, 2.45) is 0 Å². The Morgan fingerprint density at radius 3 is 2.54 bits per heavy atom. The maximum Gasteiger partial charge on any atom is 0.252 e. The molecule has 3 aromatic carbocycles. The molecule has 1 heterocycles. The van der Waals surface area contributed by atoms with E-state index in [0.717, 1.165) is 33.5 Å². The molecule has 1 atom stereocenters. The van der Waals surface area contributed by atoms with Crippen LogP contribution in [0.1, 0.15) is 38.9 Å². The quantitative estimate of drug-likeness (QED) is 0.526. The van der Waals surface area contributed by atoms with Gasteiger partial charge in [-0.25, -0.2) is 4.98 Å². The molecule has 1 amide bonds. The summed E-state index contributed by atoms with van der Waals surface area (Å²) in [7, 11) is 0. The van der Waals surface area contributed by atoms with E-state index >= 15 is 0 Å². The van der Waals surface area contributed by atoms with E-state index in [-0.39, 0.29) is 11.9 Å². The van der Waals surface area contributed by atoms with Crippen LogP contribution in [0.2, 0.25) is 0 Å². The number of hydrogen-bond acceptors (Lipinski definition) is 2. The Morgan fingerprint density at radius 2 is 1.75 bits per heavy atom. The highest BCUT2D eigenvalue weighted by atomic mass is 16.1. The zero-order chi connectivity index (χ0) is 19.5. The summed E-state index contributed by atoms with van der Waals surface area (Å²) in [5.74, 6) is 0.686. The Morgan fingerprint density at radius 1 is 1.00 bits per heavy atom. The Kier molecular flexibility index (Phi) is 4.94. The average Bonchev–Trinajstić information content (AvgIpc) is 3.14. The van der Waals surface area contributed by atoms with E-state index in [4.69, 9.17) is 4.98 Å². The van der Waals surface area contributed by atoms with Gasteiger partial charge in [0.1, 0.15) is 5.82 Å². The highest BCUT2D eigenvalue weighted by Crippen LogP contribution is 2.21. The fourth-order valence-corrected chi connectivity index (χ4v) is 3.42. The number of carbonyl (C=O) groups excluding carboxylic acids is 1. The summed E-state index contributed by atoms with van der Waals surface area (Å²) < 4.78 is 0. The monoisotopic (exact) mass is 369 g/mol. The van der Waals surface area contributed by atoms with E-state index in [1.807, 2.05) is 74.5 Å². The van der Waals surface area contributed by atoms with Crippen molar-refractivity contribution in [1.29, 1.82) is 0 Å². The van der Waals surface area contributed by atoms with Crippen molar-refractivity contribution in [3.63, 3.8) is 0 Å². The molecule has 4 nitrogen and oxygen atoms in total. The van der Waals surface area contributed by atoms with Gasteiger partial charge in [0.25, 0.3) is 5.91 Å². The summed E-state index contributed by atoms with van der Waals surface area (Å²) in [4.78, 5) is 21.2.